The maximum absolute atomic E-state index is 12.8. The summed E-state index contributed by atoms with van der Waals surface area (Å²) in [5.74, 6) is -0.177. The summed E-state index contributed by atoms with van der Waals surface area (Å²) in [7, 11) is 0. The van der Waals surface area contributed by atoms with Gasteiger partial charge in [-0.25, -0.2) is 0 Å². The number of hydrogen-bond donors (Lipinski definition) is 3. The molecule has 1 saturated heterocycles. The number of rotatable bonds is 6. The maximum Gasteiger partial charge on any atom is 0.223 e. The number of aliphatic hydroxyl groups is 3. The van der Waals surface area contributed by atoms with Crippen molar-refractivity contribution in [2.75, 3.05) is 0 Å². The normalized spacial score (nSPS) is 28.4. The highest BCUT2D eigenvalue weighted by molar-refractivity contribution is 7.19. The van der Waals surface area contributed by atoms with E-state index in [1.807, 2.05) is 44.2 Å². The smallest absolute Gasteiger partial charge is 0.223 e. The molecule has 1 aromatic carbocycles. The lowest BCUT2D eigenvalue weighted by atomic mass is 9.94. The lowest BCUT2D eigenvalue weighted by molar-refractivity contribution is -0.266. The molecular weight excluding hydrogens is 366 g/mol. The van der Waals surface area contributed by atoms with Crippen molar-refractivity contribution < 1.29 is 24.9 Å². The third-order valence-electron chi connectivity index (χ3n) is 5.04. The van der Waals surface area contributed by atoms with Gasteiger partial charge in [0.05, 0.1) is 12.6 Å². The molecule has 0 radical (unpaired) electrons. The summed E-state index contributed by atoms with van der Waals surface area (Å²) in [6.45, 7) is 3.97. The minimum atomic E-state index is -1.34. The van der Waals surface area contributed by atoms with Crippen LogP contribution in [0.2, 0.25) is 0 Å². The van der Waals surface area contributed by atoms with Crippen molar-refractivity contribution in [1.82, 2.24) is 4.90 Å². The molecule has 2 heterocycles. The van der Waals surface area contributed by atoms with Crippen LogP contribution in [0, 0.1) is 0 Å². The van der Waals surface area contributed by atoms with Crippen molar-refractivity contribution >= 4 is 27.3 Å². The monoisotopic (exact) mass is 393 g/mol. The van der Waals surface area contributed by atoms with Crippen LogP contribution in [0.4, 0.5) is 0 Å². The average molecular weight is 394 g/mol. The summed E-state index contributed by atoms with van der Waals surface area (Å²) in [4.78, 5) is 15.2. The van der Waals surface area contributed by atoms with Crippen LogP contribution in [-0.2, 0) is 16.1 Å². The van der Waals surface area contributed by atoms with E-state index in [2.05, 4.69) is 0 Å². The summed E-state index contributed by atoms with van der Waals surface area (Å²) in [6, 6.07) is 8.96. The summed E-state index contributed by atoms with van der Waals surface area (Å²) < 4.78 is 6.61. The predicted molar refractivity (Wildman–Crippen MR) is 104 cm³/mol. The third-order valence-corrected chi connectivity index (χ3v) is 6.14. The van der Waals surface area contributed by atoms with Crippen LogP contribution in [0.25, 0.3) is 10.1 Å². The van der Waals surface area contributed by atoms with Crippen LogP contribution >= 0.6 is 11.3 Å². The van der Waals surface area contributed by atoms with Crippen LogP contribution in [0.5, 0.6) is 0 Å². The first-order valence-electron chi connectivity index (χ1n) is 9.42. The molecule has 0 spiro atoms. The number of carbonyl (C=O) groups is 1. The van der Waals surface area contributed by atoms with E-state index in [0.29, 0.717) is 19.3 Å². The molecule has 1 unspecified atom stereocenters. The molecule has 0 saturated carbocycles. The largest absolute Gasteiger partial charge is 0.388 e. The SMILES string of the molecule is CCCC(=O)N(Cc1cc2ccccc2s1)[C@H]1C(O)O[C@H](CC)[C@@H](O)[C@@H]1O. The van der Waals surface area contributed by atoms with Gasteiger partial charge in [-0.3, -0.25) is 4.79 Å². The number of hydrogen-bond acceptors (Lipinski definition) is 6. The van der Waals surface area contributed by atoms with Gasteiger partial charge in [0.15, 0.2) is 6.29 Å². The first kappa shape index (κ1) is 20.2. The first-order chi connectivity index (χ1) is 13.0. The Hall–Kier alpha value is -1.51. The Morgan fingerprint density at radius 2 is 1.93 bits per heavy atom. The van der Waals surface area contributed by atoms with Crippen molar-refractivity contribution in [1.29, 1.82) is 0 Å². The van der Waals surface area contributed by atoms with Crippen molar-refractivity contribution in [3.05, 3.63) is 35.2 Å². The standard InChI is InChI=1S/C20H27NO5S/c1-3-7-16(22)21(11-13-10-12-8-5-6-9-15(12)27-13)17-19(24)18(23)14(4-2)26-20(17)25/h5-6,8-10,14,17-20,23-25H,3-4,7,11H2,1-2H3/t14-,17-,18-,19-,20?/m1/s1. The Kier molecular flexibility index (Phi) is 6.49. The fourth-order valence-electron chi connectivity index (χ4n) is 3.61. The number of amides is 1. The summed E-state index contributed by atoms with van der Waals surface area (Å²) in [6.07, 6.45) is -3.00. The number of benzene rings is 1. The van der Waals surface area contributed by atoms with Gasteiger partial charge in [0, 0.05) is 16.0 Å². The van der Waals surface area contributed by atoms with Gasteiger partial charge in [-0.1, -0.05) is 32.0 Å². The fraction of sp³-hybridized carbons (Fsp3) is 0.550. The highest BCUT2D eigenvalue weighted by Gasteiger charge is 2.47. The molecule has 148 valence electrons. The van der Waals surface area contributed by atoms with Gasteiger partial charge in [-0.15, -0.1) is 11.3 Å². The topological polar surface area (TPSA) is 90.2 Å². The zero-order valence-corrected chi connectivity index (χ0v) is 16.4. The molecule has 3 rings (SSSR count). The van der Waals surface area contributed by atoms with Crippen LogP contribution in [0.1, 0.15) is 38.0 Å². The molecule has 0 aliphatic carbocycles. The second-order valence-corrected chi connectivity index (χ2v) is 8.14. The summed E-state index contributed by atoms with van der Waals surface area (Å²) in [5.41, 5.74) is 0. The number of aliphatic hydroxyl groups excluding tert-OH is 3. The molecule has 5 atom stereocenters. The number of nitrogens with zero attached hydrogens (tertiary/aromatic N) is 1. The Labute approximate surface area is 163 Å². The third kappa shape index (κ3) is 4.17. The Bertz CT molecular complexity index is 746. The van der Waals surface area contributed by atoms with Gasteiger partial charge >= 0.3 is 0 Å². The molecule has 1 aromatic heterocycles. The van der Waals surface area contributed by atoms with E-state index in [0.717, 1.165) is 15.0 Å². The molecule has 1 amide bonds. The van der Waals surface area contributed by atoms with E-state index < -0.39 is 30.6 Å². The number of ether oxygens (including phenoxy) is 1. The molecular formula is C20H27NO5S. The second kappa shape index (κ2) is 8.67. The van der Waals surface area contributed by atoms with Crippen LogP contribution < -0.4 is 0 Å². The molecule has 6 nitrogen and oxygen atoms in total. The number of carbonyl (C=O) groups excluding carboxylic acids is 1. The number of fused-ring (bicyclic) bond motifs is 1. The lowest BCUT2D eigenvalue weighted by Crippen LogP contribution is -2.64. The van der Waals surface area contributed by atoms with Crippen molar-refractivity contribution in [3.8, 4) is 0 Å². The minimum Gasteiger partial charge on any atom is -0.388 e. The lowest BCUT2D eigenvalue weighted by Gasteiger charge is -2.45. The van der Waals surface area contributed by atoms with E-state index in [-0.39, 0.29) is 12.5 Å². The van der Waals surface area contributed by atoms with E-state index >= 15 is 0 Å². The van der Waals surface area contributed by atoms with Crippen molar-refractivity contribution in [2.24, 2.45) is 0 Å². The number of thiophene rings is 1. The summed E-state index contributed by atoms with van der Waals surface area (Å²) >= 11 is 1.57. The quantitative estimate of drug-likeness (QED) is 0.700. The first-order valence-corrected chi connectivity index (χ1v) is 10.2. The zero-order valence-electron chi connectivity index (χ0n) is 15.6. The molecule has 1 aliphatic rings. The van der Waals surface area contributed by atoms with Gasteiger partial charge in [-0.05, 0) is 30.4 Å². The van der Waals surface area contributed by atoms with Crippen LogP contribution in [-0.4, -0.2) is 56.8 Å². The van der Waals surface area contributed by atoms with Crippen LogP contribution in [0.15, 0.2) is 30.3 Å². The molecule has 0 bridgehead atoms. The fourth-order valence-corrected chi connectivity index (χ4v) is 4.67. The van der Waals surface area contributed by atoms with E-state index in [1.165, 1.54) is 4.90 Å². The maximum atomic E-state index is 12.8. The van der Waals surface area contributed by atoms with Crippen LogP contribution in [0.3, 0.4) is 0 Å². The van der Waals surface area contributed by atoms with Crippen molar-refractivity contribution in [2.45, 2.75) is 70.3 Å². The molecule has 7 heteroatoms. The van der Waals surface area contributed by atoms with Crippen molar-refractivity contribution in [3.63, 3.8) is 0 Å². The van der Waals surface area contributed by atoms with E-state index in [4.69, 9.17) is 4.74 Å². The Morgan fingerprint density at radius 3 is 2.59 bits per heavy atom. The highest BCUT2D eigenvalue weighted by atomic mass is 32.1. The Balaban J connectivity index is 1.89. The van der Waals surface area contributed by atoms with Gasteiger partial charge in [0.2, 0.25) is 5.91 Å². The minimum absolute atomic E-state index is 0.177. The van der Waals surface area contributed by atoms with Gasteiger partial charge in [0.25, 0.3) is 0 Å². The molecule has 1 aliphatic heterocycles. The molecule has 1 fully saturated rings. The zero-order chi connectivity index (χ0) is 19.6. The molecule has 27 heavy (non-hydrogen) atoms. The summed E-state index contributed by atoms with van der Waals surface area (Å²) in [5, 5.41) is 32.5. The predicted octanol–water partition coefficient (Wildman–Crippen LogP) is 2.25. The van der Waals surface area contributed by atoms with E-state index in [1.54, 1.807) is 11.3 Å². The average Bonchev–Trinajstić information content (AvgIpc) is 3.06. The van der Waals surface area contributed by atoms with Gasteiger partial charge in [-0.2, -0.15) is 0 Å². The molecule has 3 N–H and O–H groups in total. The van der Waals surface area contributed by atoms with Gasteiger partial charge < -0.3 is 25.0 Å². The second-order valence-electron chi connectivity index (χ2n) is 6.97. The Morgan fingerprint density at radius 1 is 1.19 bits per heavy atom. The molecule has 2 aromatic rings. The van der Waals surface area contributed by atoms with Gasteiger partial charge in [0.1, 0.15) is 18.2 Å². The van der Waals surface area contributed by atoms with E-state index in [9.17, 15) is 20.1 Å². The highest BCUT2D eigenvalue weighted by Crippen LogP contribution is 2.31.